The average molecular weight is 264 g/mol. The lowest BCUT2D eigenvalue weighted by Crippen LogP contribution is -2.35. The van der Waals surface area contributed by atoms with Gasteiger partial charge in [0.2, 0.25) is 5.91 Å². The van der Waals surface area contributed by atoms with E-state index < -0.39 is 0 Å². The molecular weight excluding hydrogens is 247 g/mol. The van der Waals surface area contributed by atoms with E-state index in [4.69, 9.17) is 4.74 Å². The Morgan fingerprint density at radius 3 is 2.84 bits per heavy atom. The molecule has 0 saturated carbocycles. The highest BCUT2D eigenvalue weighted by Gasteiger charge is 2.33. The van der Waals surface area contributed by atoms with Gasteiger partial charge in [0, 0.05) is 19.1 Å². The van der Waals surface area contributed by atoms with E-state index in [9.17, 15) is 9.18 Å². The summed E-state index contributed by atoms with van der Waals surface area (Å²) < 4.78 is 18.3. The largest absolute Gasteiger partial charge is 0.381 e. The average Bonchev–Trinajstić information content (AvgIpc) is 3.03. The molecule has 0 radical (unpaired) electrons. The van der Waals surface area contributed by atoms with Crippen molar-refractivity contribution in [3.8, 4) is 0 Å². The number of nitrogens with zero attached hydrogens (tertiary/aromatic N) is 1. The molecule has 4 nitrogen and oxygen atoms in total. The number of hydrogen-bond acceptors (Lipinski definition) is 3. The van der Waals surface area contributed by atoms with Crippen LogP contribution >= 0.6 is 0 Å². The van der Waals surface area contributed by atoms with Gasteiger partial charge in [-0.2, -0.15) is 0 Å². The van der Waals surface area contributed by atoms with Crippen LogP contribution in [0.3, 0.4) is 0 Å². The Kier molecular flexibility index (Phi) is 3.48. The van der Waals surface area contributed by atoms with E-state index in [0.717, 1.165) is 25.2 Å². The predicted octanol–water partition coefficient (Wildman–Crippen LogP) is 1.29. The van der Waals surface area contributed by atoms with Crippen LogP contribution in [0.15, 0.2) is 24.3 Å². The van der Waals surface area contributed by atoms with Crippen LogP contribution in [0.4, 0.5) is 4.39 Å². The zero-order valence-electron chi connectivity index (χ0n) is 10.6. The molecule has 1 aromatic carbocycles. The fraction of sp³-hybridized carbons (Fsp3) is 0.500. The van der Waals surface area contributed by atoms with E-state index in [2.05, 4.69) is 5.32 Å². The molecule has 2 atom stereocenters. The standard InChI is InChI=1S/C14H17FN2O2/c15-12-3-1-11(2-4-12)14-16-7-13(18)17(14)8-10-5-6-19-9-10/h1-4,10,14,16H,5-9H2. The lowest BCUT2D eigenvalue weighted by Gasteiger charge is -2.26. The van der Waals surface area contributed by atoms with Crippen molar-refractivity contribution >= 4 is 5.91 Å². The number of amides is 1. The first kappa shape index (κ1) is 12.6. The highest BCUT2D eigenvalue weighted by Crippen LogP contribution is 2.25. The van der Waals surface area contributed by atoms with Crippen molar-refractivity contribution in [2.45, 2.75) is 12.6 Å². The molecule has 102 valence electrons. The molecule has 2 fully saturated rings. The zero-order chi connectivity index (χ0) is 13.2. The number of carbonyl (C=O) groups is 1. The second-order valence-corrected chi connectivity index (χ2v) is 5.11. The molecule has 2 aliphatic rings. The van der Waals surface area contributed by atoms with Gasteiger partial charge in [-0.05, 0) is 24.1 Å². The Morgan fingerprint density at radius 2 is 2.16 bits per heavy atom. The van der Waals surface area contributed by atoms with Gasteiger partial charge in [-0.1, -0.05) is 12.1 Å². The fourth-order valence-electron chi connectivity index (χ4n) is 2.70. The molecule has 3 rings (SSSR count). The van der Waals surface area contributed by atoms with Gasteiger partial charge >= 0.3 is 0 Å². The summed E-state index contributed by atoms with van der Waals surface area (Å²) >= 11 is 0. The minimum Gasteiger partial charge on any atom is -0.381 e. The van der Waals surface area contributed by atoms with Gasteiger partial charge < -0.3 is 9.64 Å². The number of halogens is 1. The van der Waals surface area contributed by atoms with Crippen LogP contribution in [0.25, 0.3) is 0 Å². The first-order valence-electron chi connectivity index (χ1n) is 6.60. The minimum atomic E-state index is -0.260. The lowest BCUT2D eigenvalue weighted by atomic mass is 10.1. The van der Waals surface area contributed by atoms with Crippen molar-refractivity contribution in [3.63, 3.8) is 0 Å². The van der Waals surface area contributed by atoms with Crippen LogP contribution in [0.1, 0.15) is 18.2 Å². The van der Waals surface area contributed by atoms with Gasteiger partial charge in [-0.3, -0.25) is 10.1 Å². The summed E-state index contributed by atoms with van der Waals surface area (Å²) in [5.74, 6) is 0.247. The second-order valence-electron chi connectivity index (χ2n) is 5.11. The first-order chi connectivity index (χ1) is 9.24. The van der Waals surface area contributed by atoms with Crippen molar-refractivity contribution in [2.24, 2.45) is 5.92 Å². The maximum absolute atomic E-state index is 13.0. The van der Waals surface area contributed by atoms with Crippen LogP contribution in [0.5, 0.6) is 0 Å². The fourth-order valence-corrected chi connectivity index (χ4v) is 2.70. The number of ether oxygens (including phenoxy) is 1. The molecule has 1 amide bonds. The van der Waals surface area contributed by atoms with E-state index in [1.54, 1.807) is 12.1 Å². The Bertz CT molecular complexity index is 457. The highest BCUT2D eigenvalue weighted by molar-refractivity contribution is 5.81. The maximum atomic E-state index is 13.0. The topological polar surface area (TPSA) is 41.6 Å². The normalized spacial score (nSPS) is 27.2. The maximum Gasteiger partial charge on any atom is 0.238 e. The van der Waals surface area contributed by atoms with Crippen LogP contribution in [-0.4, -0.2) is 37.1 Å². The summed E-state index contributed by atoms with van der Waals surface area (Å²) in [6, 6.07) is 6.31. The first-order valence-corrected chi connectivity index (χ1v) is 6.60. The van der Waals surface area contributed by atoms with E-state index in [1.165, 1.54) is 12.1 Å². The van der Waals surface area contributed by atoms with Gasteiger partial charge in [0.05, 0.1) is 13.2 Å². The summed E-state index contributed by atoms with van der Waals surface area (Å²) in [5.41, 5.74) is 0.922. The third kappa shape index (κ3) is 2.62. The molecule has 0 aliphatic carbocycles. The molecule has 1 N–H and O–H groups in total. The third-order valence-electron chi connectivity index (χ3n) is 3.74. The number of nitrogens with one attached hydrogen (secondary N) is 1. The minimum absolute atomic E-state index is 0.0984. The van der Waals surface area contributed by atoms with Crippen LogP contribution < -0.4 is 5.32 Å². The third-order valence-corrected chi connectivity index (χ3v) is 3.74. The SMILES string of the molecule is O=C1CNC(c2ccc(F)cc2)N1CC1CCOC1. The number of benzene rings is 1. The summed E-state index contributed by atoms with van der Waals surface area (Å²) in [5, 5.41) is 3.18. The number of rotatable bonds is 3. The van der Waals surface area contributed by atoms with Gasteiger partial charge in [0.25, 0.3) is 0 Å². The summed E-state index contributed by atoms with van der Waals surface area (Å²) in [6.07, 6.45) is 0.855. The van der Waals surface area contributed by atoms with Crippen molar-refractivity contribution in [2.75, 3.05) is 26.3 Å². The highest BCUT2D eigenvalue weighted by atomic mass is 19.1. The molecule has 2 saturated heterocycles. The second kappa shape index (κ2) is 5.27. The molecule has 0 bridgehead atoms. The predicted molar refractivity (Wildman–Crippen MR) is 67.8 cm³/mol. The smallest absolute Gasteiger partial charge is 0.238 e. The molecule has 2 heterocycles. The summed E-state index contributed by atoms with van der Waals surface area (Å²) in [6.45, 7) is 2.55. The van der Waals surface area contributed by atoms with Crippen LogP contribution in [-0.2, 0) is 9.53 Å². The Labute approximate surface area is 111 Å². The molecular formula is C14H17FN2O2. The lowest BCUT2D eigenvalue weighted by molar-refractivity contribution is -0.128. The molecule has 2 unspecified atom stereocenters. The van der Waals surface area contributed by atoms with Crippen LogP contribution in [0.2, 0.25) is 0 Å². The van der Waals surface area contributed by atoms with Crippen molar-refractivity contribution in [1.82, 2.24) is 10.2 Å². The van der Waals surface area contributed by atoms with Gasteiger partial charge in [-0.25, -0.2) is 4.39 Å². The summed E-state index contributed by atoms with van der Waals surface area (Å²) in [7, 11) is 0. The number of hydrogen-bond donors (Lipinski definition) is 1. The quantitative estimate of drug-likeness (QED) is 0.894. The summed E-state index contributed by atoms with van der Waals surface area (Å²) in [4.78, 5) is 13.8. The molecule has 19 heavy (non-hydrogen) atoms. The molecule has 0 spiro atoms. The number of carbonyl (C=O) groups excluding carboxylic acids is 1. The monoisotopic (exact) mass is 264 g/mol. The Hall–Kier alpha value is -1.46. The van der Waals surface area contributed by atoms with Gasteiger partial charge in [0.15, 0.2) is 0 Å². The van der Waals surface area contributed by atoms with Gasteiger partial charge in [0.1, 0.15) is 12.0 Å². The van der Waals surface area contributed by atoms with E-state index in [0.29, 0.717) is 19.0 Å². The van der Waals surface area contributed by atoms with Crippen molar-refractivity contribution in [3.05, 3.63) is 35.6 Å². The molecule has 5 heteroatoms. The van der Waals surface area contributed by atoms with Crippen molar-refractivity contribution < 1.29 is 13.9 Å². The zero-order valence-corrected chi connectivity index (χ0v) is 10.6. The van der Waals surface area contributed by atoms with Crippen LogP contribution in [0, 0.1) is 11.7 Å². The molecule has 1 aromatic rings. The van der Waals surface area contributed by atoms with Crippen molar-refractivity contribution in [1.29, 1.82) is 0 Å². The molecule has 2 aliphatic heterocycles. The molecule has 0 aromatic heterocycles. The Balaban J connectivity index is 1.75. The van der Waals surface area contributed by atoms with E-state index >= 15 is 0 Å². The van der Waals surface area contributed by atoms with Gasteiger partial charge in [-0.15, -0.1) is 0 Å². The Morgan fingerprint density at radius 1 is 1.37 bits per heavy atom. The van der Waals surface area contributed by atoms with E-state index in [1.807, 2.05) is 4.90 Å². The van der Waals surface area contributed by atoms with E-state index in [-0.39, 0.29) is 17.9 Å².